The lowest BCUT2D eigenvalue weighted by Gasteiger charge is -2.14. The Morgan fingerprint density at radius 1 is 1.15 bits per heavy atom. The van der Waals surface area contributed by atoms with Gasteiger partial charge in [-0.25, -0.2) is 4.39 Å². The minimum absolute atomic E-state index is 0.000327. The van der Waals surface area contributed by atoms with Crippen molar-refractivity contribution in [1.82, 2.24) is 5.32 Å². The fourth-order valence-corrected chi connectivity index (χ4v) is 3.16. The van der Waals surface area contributed by atoms with Gasteiger partial charge in [0.15, 0.2) is 0 Å². The van der Waals surface area contributed by atoms with Crippen molar-refractivity contribution in [2.75, 3.05) is 13.2 Å². The lowest BCUT2D eigenvalue weighted by Crippen LogP contribution is -2.18. The molecule has 2 rings (SSSR count). The van der Waals surface area contributed by atoms with Crippen molar-refractivity contribution in [2.45, 2.75) is 23.6 Å². The summed E-state index contributed by atoms with van der Waals surface area (Å²) in [5.41, 5.74) is -3.31. The van der Waals surface area contributed by atoms with Gasteiger partial charge in [-0.3, -0.25) is 0 Å². The van der Waals surface area contributed by atoms with E-state index >= 15 is 0 Å². The fourth-order valence-electron chi connectivity index (χ4n) is 2.13. The highest BCUT2D eigenvalue weighted by atomic mass is 79.9. The summed E-state index contributed by atoms with van der Waals surface area (Å²) in [6, 6.07) is 8.87. The predicted molar refractivity (Wildman–Crippen MR) is 95.6 cm³/mol. The second-order valence-electron chi connectivity index (χ2n) is 5.25. The highest BCUT2D eigenvalue weighted by Gasteiger charge is 2.30. The van der Waals surface area contributed by atoms with Crippen LogP contribution in [0.15, 0.2) is 45.8 Å². The van der Waals surface area contributed by atoms with Gasteiger partial charge in [0, 0.05) is 23.1 Å². The second kappa shape index (κ2) is 9.59. The number of aliphatic hydroxyl groups excluding tert-OH is 1. The summed E-state index contributed by atoms with van der Waals surface area (Å²) in [4.78, 5) is -0.487. The molecule has 0 amide bonds. The number of ether oxygens (including phenoxy) is 1. The first-order valence-corrected chi connectivity index (χ1v) is 9.16. The molecule has 0 aliphatic carbocycles. The molecule has 0 aliphatic heterocycles. The summed E-state index contributed by atoms with van der Waals surface area (Å²) in [6.07, 6.45) is 0. The van der Waals surface area contributed by atoms with Crippen molar-refractivity contribution in [3.8, 4) is 5.75 Å². The first kappa shape index (κ1) is 21.0. The molecule has 0 fully saturated rings. The molecule has 0 aliphatic rings. The van der Waals surface area contributed by atoms with Crippen LogP contribution in [0.5, 0.6) is 5.75 Å². The molecule has 26 heavy (non-hydrogen) atoms. The first-order chi connectivity index (χ1) is 12.3. The molecule has 2 aromatic carbocycles. The molecule has 2 aromatic rings. The maximum atomic E-state index is 13.5. The lowest BCUT2D eigenvalue weighted by molar-refractivity contribution is -0.0329. The second-order valence-corrected chi connectivity index (χ2v) is 7.28. The molecule has 0 unspecified atom stereocenters. The van der Waals surface area contributed by atoms with Crippen molar-refractivity contribution in [2.24, 2.45) is 0 Å². The molecule has 0 spiro atoms. The van der Waals surface area contributed by atoms with Crippen molar-refractivity contribution < 1.29 is 27.4 Å². The molecular formula is C17H16BrF4NO2S. The van der Waals surface area contributed by atoms with Crippen LogP contribution in [-0.2, 0) is 13.2 Å². The van der Waals surface area contributed by atoms with E-state index in [9.17, 15) is 17.6 Å². The molecule has 0 heterocycles. The number of halogens is 5. The van der Waals surface area contributed by atoms with Crippen molar-refractivity contribution in [1.29, 1.82) is 0 Å². The zero-order valence-corrected chi connectivity index (χ0v) is 15.8. The van der Waals surface area contributed by atoms with Gasteiger partial charge in [0.2, 0.25) is 0 Å². The molecular weight excluding hydrogens is 438 g/mol. The Morgan fingerprint density at radius 2 is 1.92 bits per heavy atom. The van der Waals surface area contributed by atoms with Crippen LogP contribution in [0.4, 0.5) is 17.6 Å². The van der Waals surface area contributed by atoms with Crippen LogP contribution in [-0.4, -0.2) is 23.8 Å². The van der Waals surface area contributed by atoms with Crippen LogP contribution in [0, 0.1) is 5.82 Å². The number of rotatable bonds is 8. The Kier molecular flexibility index (Phi) is 7.75. The van der Waals surface area contributed by atoms with Crippen LogP contribution < -0.4 is 10.1 Å². The van der Waals surface area contributed by atoms with Crippen LogP contribution in [0.3, 0.4) is 0 Å². The third-order valence-corrected chi connectivity index (χ3v) is 4.50. The summed E-state index contributed by atoms with van der Waals surface area (Å²) < 4.78 is 57.5. The third-order valence-electron chi connectivity index (χ3n) is 3.24. The number of aliphatic hydroxyl groups is 1. The average Bonchev–Trinajstić information content (AvgIpc) is 2.56. The Bertz CT molecular complexity index is 743. The Hall–Kier alpha value is -1.29. The zero-order valence-electron chi connectivity index (χ0n) is 13.4. The quantitative estimate of drug-likeness (QED) is 0.340. The van der Waals surface area contributed by atoms with E-state index in [-0.39, 0.29) is 13.2 Å². The Morgan fingerprint density at radius 3 is 2.62 bits per heavy atom. The highest BCUT2D eigenvalue weighted by Crippen LogP contribution is 2.38. The van der Waals surface area contributed by atoms with Gasteiger partial charge >= 0.3 is 5.51 Å². The van der Waals surface area contributed by atoms with Gasteiger partial charge in [-0.2, -0.15) is 13.2 Å². The number of hydrogen-bond donors (Lipinski definition) is 2. The largest absolute Gasteiger partial charge is 0.489 e. The Labute approximate surface area is 160 Å². The first-order valence-electron chi connectivity index (χ1n) is 7.55. The van der Waals surface area contributed by atoms with Crippen molar-refractivity contribution in [3.63, 3.8) is 0 Å². The lowest BCUT2D eigenvalue weighted by atomic mass is 10.2. The van der Waals surface area contributed by atoms with Gasteiger partial charge in [0.1, 0.15) is 18.2 Å². The van der Waals surface area contributed by atoms with E-state index in [2.05, 4.69) is 21.2 Å². The molecule has 2 N–H and O–H groups in total. The third kappa shape index (κ3) is 6.79. The molecule has 0 saturated carbocycles. The predicted octanol–water partition coefficient (Wildman–Crippen LogP) is 4.86. The molecule has 0 bridgehead atoms. The molecule has 3 nitrogen and oxygen atoms in total. The minimum Gasteiger partial charge on any atom is -0.489 e. The van der Waals surface area contributed by atoms with E-state index in [1.807, 2.05) is 6.07 Å². The van der Waals surface area contributed by atoms with Gasteiger partial charge in [-0.05, 0) is 47.7 Å². The van der Waals surface area contributed by atoms with Gasteiger partial charge in [0.25, 0.3) is 0 Å². The molecule has 9 heteroatoms. The van der Waals surface area contributed by atoms with E-state index in [1.54, 1.807) is 12.1 Å². The topological polar surface area (TPSA) is 41.5 Å². The summed E-state index contributed by atoms with van der Waals surface area (Å²) >= 11 is 2.87. The van der Waals surface area contributed by atoms with Gasteiger partial charge in [-0.15, -0.1) is 0 Å². The normalized spacial score (nSPS) is 11.6. The molecule has 0 saturated heterocycles. The SMILES string of the molecule is OCCNCc1cc(Br)ccc1OCc1ccc(F)c(SC(F)(F)F)c1. The smallest absolute Gasteiger partial charge is 0.446 e. The number of hydrogen-bond acceptors (Lipinski definition) is 4. The highest BCUT2D eigenvalue weighted by molar-refractivity contribution is 9.10. The van der Waals surface area contributed by atoms with Crippen LogP contribution in [0.25, 0.3) is 0 Å². The number of alkyl halides is 3. The monoisotopic (exact) mass is 453 g/mol. The maximum absolute atomic E-state index is 13.5. The van der Waals surface area contributed by atoms with Gasteiger partial charge in [0.05, 0.1) is 11.5 Å². The summed E-state index contributed by atoms with van der Waals surface area (Å²) in [5, 5.41) is 11.9. The Balaban J connectivity index is 2.10. The number of thioether (sulfide) groups is 1. The molecule has 0 radical (unpaired) electrons. The average molecular weight is 454 g/mol. The van der Waals surface area contributed by atoms with Crippen molar-refractivity contribution in [3.05, 3.63) is 57.8 Å². The molecule has 0 aromatic heterocycles. The molecule has 0 atom stereocenters. The van der Waals surface area contributed by atoms with Gasteiger partial charge < -0.3 is 15.2 Å². The van der Waals surface area contributed by atoms with E-state index in [4.69, 9.17) is 9.84 Å². The van der Waals surface area contributed by atoms with Crippen LogP contribution in [0.2, 0.25) is 0 Å². The molecule has 142 valence electrons. The zero-order chi connectivity index (χ0) is 19.2. The van der Waals surface area contributed by atoms with E-state index < -0.39 is 28.0 Å². The number of benzene rings is 2. The summed E-state index contributed by atoms with van der Waals surface area (Å²) in [5.74, 6) is -0.374. The summed E-state index contributed by atoms with van der Waals surface area (Å²) in [7, 11) is 0. The standard InChI is InChI=1S/C17H16BrF4NO2S/c18-13-2-4-15(12(8-13)9-23-5-6-24)25-10-11-1-3-14(19)16(7-11)26-17(20,21)22/h1-4,7-8,23-24H,5-6,9-10H2. The van der Waals surface area contributed by atoms with Crippen molar-refractivity contribution >= 4 is 27.7 Å². The van der Waals surface area contributed by atoms with Crippen LogP contribution in [0.1, 0.15) is 11.1 Å². The van der Waals surface area contributed by atoms with E-state index in [0.29, 0.717) is 24.4 Å². The maximum Gasteiger partial charge on any atom is 0.446 e. The van der Waals surface area contributed by atoms with Crippen LogP contribution >= 0.6 is 27.7 Å². The number of nitrogens with one attached hydrogen (secondary N) is 1. The van der Waals surface area contributed by atoms with E-state index in [0.717, 1.165) is 22.2 Å². The van der Waals surface area contributed by atoms with Gasteiger partial charge in [-0.1, -0.05) is 22.0 Å². The minimum atomic E-state index is -4.56. The summed E-state index contributed by atoms with van der Waals surface area (Å²) in [6.45, 7) is 0.871. The van der Waals surface area contributed by atoms with E-state index in [1.165, 1.54) is 6.07 Å². The fraction of sp³-hybridized carbons (Fsp3) is 0.294.